The van der Waals surface area contributed by atoms with Gasteiger partial charge >= 0.3 is 0 Å². The van der Waals surface area contributed by atoms with E-state index in [1.807, 2.05) is 25.1 Å². The Morgan fingerprint density at radius 1 is 1.38 bits per heavy atom. The van der Waals surface area contributed by atoms with Crippen molar-refractivity contribution in [2.75, 3.05) is 31.5 Å². The maximum Gasteiger partial charge on any atom is 0.251 e. The Balaban J connectivity index is 1.92. The molecule has 0 saturated carbocycles. The lowest BCUT2D eigenvalue weighted by Gasteiger charge is -2.23. The van der Waals surface area contributed by atoms with Crippen molar-refractivity contribution in [1.29, 1.82) is 0 Å². The zero-order valence-electron chi connectivity index (χ0n) is 13.4. The van der Waals surface area contributed by atoms with Gasteiger partial charge in [-0.15, -0.1) is 0 Å². The first kappa shape index (κ1) is 15.8. The van der Waals surface area contributed by atoms with Crippen LogP contribution in [-0.2, 0) is 0 Å². The normalized spacial score (nSPS) is 18.7. The minimum atomic E-state index is 0.0316. The number of nitrogens with zero attached hydrogens (tertiary/aromatic N) is 1. The lowest BCUT2D eigenvalue weighted by molar-refractivity contribution is 0.0941. The molecule has 21 heavy (non-hydrogen) atoms. The van der Waals surface area contributed by atoms with Gasteiger partial charge in [0, 0.05) is 30.4 Å². The van der Waals surface area contributed by atoms with Crippen LogP contribution in [0.15, 0.2) is 18.2 Å². The summed E-state index contributed by atoms with van der Waals surface area (Å²) in [6.07, 6.45) is 2.43. The van der Waals surface area contributed by atoms with E-state index in [0.717, 1.165) is 43.0 Å². The molecular weight excluding hydrogens is 262 g/mol. The van der Waals surface area contributed by atoms with Crippen LogP contribution in [0.4, 0.5) is 5.69 Å². The first-order valence-corrected chi connectivity index (χ1v) is 8.02. The number of hydrogen-bond donors (Lipinski definition) is 2. The molecule has 0 aromatic heterocycles. The number of amides is 1. The van der Waals surface area contributed by atoms with Crippen molar-refractivity contribution >= 4 is 11.6 Å². The Morgan fingerprint density at radius 3 is 2.86 bits per heavy atom. The van der Waals surface area contributed by atoms with Crippen LogP contribution in [0.2, 0.25) is 0 Å². The summed E-state index contributed by atoms with van der Waals surface area (Å²) in [7, 11) is 0. The summed E-state index contributed by atoms with van der Waals surface area (Å²) >= 11 is 0. The Hall–Kier alpha value is -1.55. The number of rotatable bonds is 6. The molecule has 4 heteroatoms. The third-order valence-electron chi connectivity index (χ3n) is 4.26. The van der Waals surface area contributed by atoms with Crippen LogP contribution < -0.4 is 10.6 Å². The van der Waals surface area contributed by atoms with Crippen molar-refractivity contribution in [1.82, 2.24) is 10.2 Å². The molecule has 1 unspecified atom stereocenters. The van der Waals surface area contributed by atoms with Crippen LogP contribution >= 0.6 is 0 Å². The molecular formula is C17H27N3O. The average Bonchev–Trinajstić information content (AvgIpc) is 2.94. The van der Waals surface area contributed by atoms with Crippen LogP contribution in [0.5, 0.6) is 0 Å². The molecule has 116 valence electrons. The number of anilines is 1. The maximum absolute atomic E-state index is 12.3. The van der Waals surface area contributed by atoms with Crippen LogP contribution in [0.3, 0.4) is 0 Å². The van der Waals surface area contributed by atoms with E-state index >= 15 is 0 Å². The average molecular weight is 289 g/mol. The molecule has 1 amide bonds. The predicted molar refractivity (Wildman–Crippen MR) is 87.9 cm³/mol. The second kappa shape index (κ2) is 7.46. The summed E-state index contributed by atoms with van der Waals surface area (Å²) in [5.74, 6) is 0.0316. The Labute approximate surface area is 127 Å². The Morgan fingerprint density at radius 2 is 2.19 bits per heavy atom. The van der Waals surface area contributed by atoms with Gasteiger partial charge in [0.1, 0.15) is 0 Å². The molecule has 1 saturated heterocycles. The van der Waals surface area contributed by atoms with Gasteiger partial charge in [0.25, 0.3) is 5.91 Å². The molecule has 0 radical (unpaired) electrons. The van der Waals surface area contributed by atoms with Crippen LogP contribution in [0, 0.1) is 6.92 Å². The van der Waals surface area contributed by atoms with Gasteiger partial charge in [0.05, 0.1) is 0 Å². The highest BCUT2D eigenvalue weighted by Crippen LogP contribution is 2.17. The van der Waals surface area contributed by atoms with E-state index in [0.29, 0.717) is 6.04 Å². The molecule has 0 bridgehead atoms. The van der Waals surface area contributed by atoms with E-state index in [1.165, 1.54) is 12.8 Å². The first-order chi connectivity index (χ1) is 10.2. The van der Waals surface area contributed by atoms with Crippen LogP contribution in [-0.4, -0.2) is 43.0 Å². The van der Waals surface area contributed by atoms with E-state index < -0.39 is 0 Å². The smallest absolute Gasteiger partial charge is 0.251 e. The molecule has 4 nitrogen and oxygen atoms in total. The van der Waals surface area contributed by atoms with Crippen molar-refractivity contribution < 1.29 is 4.79 Å². The van der Waals surface area contributed by atoms with Crippen molar-refractivity contribution in [3.8, 4) is 0 Å². The molecule has 2 rings (SSSR count). The minimum Gasteiger partial charge on any atom is -0.385 e. The molecule has 1 aliphatic heterocycles. The molecule has 1 fully saturated rings. The first-order valence-electron chi connectivity index (χ1n) is 8.02. The number of carbonyl (C=O) groups is 1. The number of aryl methyl sites for hydroxylation is 1. The minimum absolute atomic E-state index is 0.0316. The van der Waals surface area contributed by atoms with Crippen molar-refractivity contribution in [3.05, 3.63) is 29.3 Å². The molecule has 2 N–H and O–H groups in total. The van der Waals surface area contributed by atoms with E-state index in [1.54, 1.807) is 0 Å². The number of nitrogens with one attached hydrogen (secondary N) is 2. The molecule has 1 atom stereocenters. The quantitative estimate of drug-likeness (QED) is 0.846. The van der Waals surface area contributed by atoms with Crippen LogP contribution in [0.25, 0.3) is 0 Å². The molecule has 1 aliphatic rings. The van der Waals surface area contributed by atoms with Gasteiger partial charge < -0.3 is 10.6 Å². The highest BCUT2D eigenvalue weighted by molar-refractivity contribution is 5.94. The molecule has 1 aromatic carbocycles. The topological polar surface area (TPSA) is 44.4 Å². The largest absolute Gasteiger partial charge is 0.385 e. The summed E-state index contributed by atoms with van der Waals surface area (Å²) in [5.41, 5.74) is 2.96. The number of likely N-dealkylation sites (N-methyl/N-ethyl adjacent to an activating group) is 1. The summed E-state index contributed by atoms with van der Waals surface area (Å²) in [4.78, 5) is 14.7. The highest BCUT2D eigenvalue weighted by atomic mass is 16.1. The summed E-state index contributed by atoms with van der Waals surface area (Å²) < 4.78 is 0. The van der Waals surface area contributed by atoms with Gasteiger partial charge in [-0.25, -0.2) is 0 Å². The fourth-order valence-corrected chi connectivity index (χ4v) is 3.05. The fourth-order valence-electron chi connectivity index (χ4n) is 3.05. The maximum atomic E-state index is 12.3. The third kappa shape index (κ3) is 3.97. The molecule has 0 aliphatic carbocycles. The van der Waals surface area contributed by atoms with E-state index in [9.17, 15) is 4.79 Å². The predicted octanol–water partition coefficient (Wildman–Crippen LogP) is 2.64. The Bertz CT molecular complexity index is 487. The summed E-state index contributed by atoms with van der Waals surface area (Å²) in [5, 5.41) is 6.38. The zero-order chi connectivity index (χ0) is 15.2. The Kier molecular flexibility index (Phi) is 5.62. The standard InChI is InChI=1S/C17H27N3O/c1-4-18-16-9-8-14(11-13(16)3)17(21)19-12-15-7-6-10-20(15)5-2/h8-9,11,15,18H,4-7,10,12H2,1-3H3,(H,19,21). The number of likely N-dealkylation sites (tertiary alicyclic amines) is 1. The van der Waals surface area contributed by atoms with Gasteiger partial charge in [-0.3, -0.25) is 9.69 Å². The summed E-state index contributed by atoms with van der Waals surface area (Å²) in [6.45, 7) is 10.2. The van der Waals surface area contributed by atoms with Crippen molar-refractivity contribution in [2.24, 2.45) is 0 Å². The molecule has 1 aromatic rings. The van der Waals surface area contributed by atoms with Gasteiger partial charge in [0.15, 0.2) is 0 Å². The van der Waals surface area contributed by atoms with Gasteiger partial charge in [-0.2, -0.15) is 0 Å². The van der Waals surface area contributed by atoms with Gasteiger partial charge in [-0.1, -0.05) is 6.92 Å². The monoisotopic (exact) mass is 289 g/mol. The van der Waals surface area contributed by atoms with Gasteiger partial charge in [-0.05, 0) is 63.5 Å². The fraction of sp³-hybridized carbons (Fsp3) is 0.588. The van der Waals surface area contributed by atoms with Gasteiger partial charge in [0.2, 0.25) is 0 Å². The lowest BCUT2D eigenvalue weighted by Crippen LogP contribution is -2.40. The van der Waals surface area contributed by atoms with Crippen molar-refractivity contribution in [3.63, 3.8) is 0 Å². The highest BCUT2D eigenvalue weighted by Gasteiger charge is 2.23. The SMILES string of the molecule is CCNc1ccc(C(=O)NCC2CCCN2CC)cc1C. The molecule has 0 spiro atoms. The van der Waals surface area contributed by atoms with Crippen molar-refractivity contribution in [2.45, 2.75) is 39.7 Å². The summed E-state index contributed by atoms with van der Waals surface area (Å²) in [6, 6.07) is 6.34. The van der Waals surface area contributed by atoms with E-state index in [4.69, 9.17) is 0 Å². The number of benzene rings is 1. The van der Waals surface area contributed by atoms with Crippen LogP contribution in [0.1, 0.15) is 42.6 Å². The van der Waals surface area contributed by atoms with E-state index in [-0.39, 0.29) is 5.91 Å². The number of carbonyl (C=O) groups excluding carboxylic acids is 1. The molecule has 1 heterocycles. The lowest BCUT2D eigenvalue weighted by atomic mass is 10.1. The third-order valence-corrected chi connectivity index (χ3v) is 4.26. The second-order valence-corrected chi connectivity index (χ2v) is 5.69. The number of hydrogen-bond acceptors (Lipinski definition) is 3. The zero-order valence-corrected chi connectivity index (χ0v) is 13.4. The second-order valence-electron chi connectivity index (χ2n) is 5.69. The van der Waals surface area contributed by atoms with E-state index in [2.05, 4.69) is 29.4 Å².